The fourth-order valence-corrected chi connectivity index (χ4v) is 5.07. The van der Waals surface area contributed by atoms with E-state index in [0.29, 0.717) is 25.2 Å². The summed E-state index contributed by atoms with van der Waals surface area (Å²) in [5, 5.41) is 12.6. The molecule has 1 spiro atoms. The second-order valence-corrected chi connectivity index (χ2v) is 9.45. The molecule has 2 fully saturated rings. The highest BCUT2D eigenvalue weighted by atomic mass is 16.5. The van der Waals surface area contributed by atoms with Gasteiger partial charge in [0.25, 0.3) is 0 Å². The van der Waals surface area contributed by atoms with Gasteiger partial charge < -0.3 is 20.1 Å². The molecule has 3 rings (SSSR count). The maximum absolute atomic E-state index is 12.9. The van der Waals surface area contributed by atoms with Gasteiger partial charge in [-0.3, -0.25) is 4.90 Å². The summed E-state index contributed by atoms with van der Waals surface area (Å²) in [4.78, 5) is 29.4. The number of nitrogens with one attached hydrogen (secondary N) is 1. The van der Waals surface area contributed by atoms with Gasteiger partial charge in [0, 0.05) is 37.1 Å². The molecule has 2 amide bonds. The maximum Gasteiger partial charge on any atom is 0.328 e. The molecule has 2 aliphatic heterocycles. The molecule has 7 heteroatoms. The largest absolute Gasteiger partial charge is 0.508 e. The molecule has 172 valence electrons. The van der Waals surface area contributed by atoms with Crippen molar-refractivity contribution in [3.63, 3.8) is 0 Å². The minimum Gasteiger partial charge on any atom is -0.508 e. The summed E-state index contributed by atoms with van der Waals surface area (Å²) >= 11 is 0. The van der Waals surface area contributed by atoms with E-state index in [-0.39, 0.29) is 23.1 Å². The first-order valence-electron chi connectivity index (χ1n) is 11.4. The van der Waals surface area contributed by atoms with Crippen LogP contribution in [0, 0.1) is 11.3 Å². The number of phenolic OH excluding ortho intramolecular Hbond substituents is 1. The number of piperidine rings is 1. The first-order chi connectivity index (χ1) is 14.7. The van der Waals surface area contributed by atoms with Crippen LogP contribution in [0.15, 0.2) is 24.3 Å². The predicted molar refractivity (Wildman–Crippen MR) is 120 cm³/mol. The number of phenols is 1. The van der Waals surface area contributed by atoms with Gasteiger partial charge in [-0.05, 0) is 50.3 Å². The number of esters is 1. The van der Waals surface area contributed by atoms with Crippen molar-refractivity contribution in [3.8, 4) is 5.75 Å². The number of benzene rings is 1. The summed E-state index contributed by atoms with van der Waals surface area (Å²) in [5.74, 6) is -0.103. The van der Waals surface area contributed by atoms with E-state index in [1.165, 1.54) is 12.7 Å². The summed E-state index contributed by atoms with van der Waals surface area (Å²) in [7, 11) is 1.36. The standard InChI is InChI=1S/C24H37N3O4/c1-6-17(4)20(22(29)31-5)25-23(30)26-13-11-24(12-14-26)15-27(16(2)3)21(24)18-7-9-19(28)10-8-18/h7-10,16-17,20-21,28H,6,11-15H2,1-5H3,(H,25,30)/t17-,20-,21?/m0/s1. The van der Waals surface area contributed by atoms with E-state index >= 15 is 0 Å². The van der Waals surface area contributed by atoms with E-state index in [0.717, 1.165) is 25.8 Å². The molecule has 1 aromatic carbocycles. The van der Waals surface area contributed by atoms with E-state index in [2.05, 4.69) is 24.1 Å². The highest BCUT2D eigenvalue weighted by molar-refractivity contribution is 5.83. The number of carbonyl (C=O) groups is 2. The fraction of sp³-hybridized carbons (Fsp3) is 0.667. The highest BCUT2D eigenvalue weighted by Gasteiger charge is 2.54. The average Bonchev–Trinajstić information content (AvgIpc) is 2.76. The number of rotatable bonds is 6. The van der Waals surface area contributed by atoms with Gasteiger partial charge in [0.2, 0.25) is 0 Å². The Balaban J connectivity index is 1.67. The van der Waals surface area contributed by atoms with Gasteiger partial charge >= 0.3 is 12.0 Å². The van der Waals surface area contributed by atoms with E-state index in [1.807, 2.05) is 30.9 Å². The Labute approximate surface area is 185 Å². The normalized spacial score (nSPS) is 22.6. The van der Waals surface area contributed by atoms with Crippen LogP contribution in [-0.4, -0.2) is 65.7 Å². The Morgan fingerprint density at radius 1 is 1.19 bits per heavy atom. The molecule has 2 N–H and O–H groups in total. The van der Waals surface area contributed by atoms with Crippen molar-refractivity contribution in [2.75, 3.05) is 26.7 Å². The molecule has 1 aromatic rings. The van der Waals surface area contributed by atoms with E-state index < -0.39 is 12.0 Å². The number of urea groups is 1. The molecule has 0 aromatic heterocycles. The number of carbonyl (C=O) groups excluding carboxylic acids is 2. The molecule has 2 aliphatic rings. The van der Waals surface area contributed by atoms with Crippen LogP contribution in [0.5, 0.6) is 5.75 Å². The van der Waals surface area contributed by atoms with Gasteiger partial charge in [-0.25, -0.2) is 9.59 Å². The average molecular weight is 432 g/mol. The zero-order valence-corrected chi connectivity index (χ0v) is 19.4. The van der Waals surface area contributed by atoms with Crippen molar-refractivity contribution in [3.05, 3.63) is 29.8 Å². The summed E-state index contributed by atoms with van der Waals surface area (Å²) in [6, 6.07) is 7.46. The molecular formula is C24H37N3O4. The van der Waals surface area contributed by atoms with Crippen LogP contribution < -0.4 is 5.32 Å². The monoisotopic (exact) mass is 431 g/mol. The third-order valence-electron chi connectivity index (χ3n) is 7.27. The Bertz CT molecular complexity index is 772. The van der Waals surface area contributed by atoms with Gasteiger partial charge in [0.1, 0.15) is 11.8 Å². The Hall–Kier alpha value is -2.28. The molecule has 0 bridgehead atoms. The van der Waals surface area contributed by atoms with Crippen molar-refractivity contribution >= 4 is 12.0 Å². The topological polar surface area (TPSA) is 82.1 Å². The van der Waals surface area contributed by atoms with Crippen molar-refractivity contribution in [2.24, 2.45) is 11.3 Å². The molecule has 0 aliphatic carbocycles. The number of amides is 2. The Morgan fingerprint density at radius 2 is 1.81 bits per heavy atom. The Kier molecular flexibility index (Phi) is 7.14. The van der Waals surface area contributed by atoms with Crippen molar-refractivity contribution < 1.29 is 19.4 Å². The van der Waals surface area contributed by atoms with Crippen LogP contribution in [0.4, 0.5) is 4.79 Å². The first kappa shape index (κ1) is 23.4. The SMILES string of the molecule is CC[C@H](C)[C@H](NC(=O)N1CCC2(CC1)CN(C(C)C)C2c1ccc(O)cc1)C(=O)OC. The minimum atomic E-state index is -0.622. The molecule has 0 radical (unpaired) electrons. The van der Waals surface area contributed by atoms with Gasteiger partial charge in [-0.2, -0.15) is 0 Å². The number of methoxy groups -OCH3 is 1. The number of ether oxygens (including phenoxy) is 1. The summed E-state index contributed by atoms with van der Waals surface area (Å²) in [6.07, 6.45) is 2.62. The lowest BCUT2D eigenvalue weighted by Crippen LogP contribution is -2.64. The van der Waals surface area contributed by atoms with Crippen LogP contribution in [0.1, 0.15) is 58.6 Å². The lowest BCUT2D eigenvalue weighted by atomic mass is 9.62. The van der Waals surface area contributed by atoms with Gasteiger partial charge in [-0.1, -0.05) is 32.4 Å². The second kappa shape index (κ2) is 9.47. The maximum atomic E-state index is 12.9. The molecule has 2 saturated heterocycles. The summed E-state index contributed by atoms with van der Waals surface area (Å²) < 4.78 is 4.89. The molecule has 7 nitrogen and oxygen atoms in total. The van der Waals surface area contributed by atoms with E-state index in [9.17, 15) is 14.7 Å². The van der Waals surface area contributed by atoms with E-state index in [1.54, 1.807) is 12.1 Å². The Morgan fingerprint density at radius 3 is 2.32 bits per heavy atom. The number of aromatic hydroxyl groups is 1. The minimum absolute atomic E-state index is 0.0117. The molecule has 3 atom stereocenters. The second-order valence-electron chi connectivity index (χ2n) is 9.45. The zero-order chi connectivity index (χ0) is 22.8. The van der Waals surface area contributed by atoms with Crippen molar-refractivity contribution in [1.82, 2.24) is 15.1 Å². The molecule has 31 heavy (non-hydrogen) atoms. The van der Waals surface area contributed by atoms with Crippen LogP contribution in [-0.2, 0) is 9.53 Å². The third-order valence-corrected chi connectivity index (χ3v) is 7.27. The zero-order valence-electron chi connectivity index (χ0n) is 19.4. The van der Waals surface area contributed by atoms with Crippen LogP contribution in [0.2, 0.25) is 0 Å². The molecular weight excluding hydrogens is 394 g/mol. The quantitative estimate of drug-likeness (QED) is 0.674. The predicted octanol–water partition coefficient (Wildman–Crippen LogP) is 3.54. The van der Waals surface area contributed by atoms with Crippen LogP contribution in [0.25, 0.3) is 0 Å². The number of likely N-dealkylation sites (tertiary alicyclic amines) is 2. The highest BCUT2D eigenvalue weighted by Crippen LogP contribution is 2.55. The van der Waals surface area contributed by atoms with Crippen molar-refractivity contribution in [1.29, 1.82) is 0 Å². The smallest absolute Gasteiger partial charge is 0.328 e. The van der Waals surface area contributed by atoms with Gasteiger partial charge in [0.15, 0.2) is 0 Å². The van der Waals surface area contributed by atoms with Gasteiger partial charge in [-0.15, -0.1) is 0 Å². The van der Waals surface area contributed by atoms with E-state index in [4.69, 9.17) is 4.74 Å². The molecule has 0 saturated carbocycles. The number of hydrogen-bond donors (Lipinski definition) is 2. The lowest BCUT2D eigenvalue weighted by Gasteiger charge is -2.62. The van der Waals surface area contributed by atoms with Crippen LogP contribution >= 0.6 is 0 Å². The van der Waals surface area contributed by atoms with Crippen molar-refractivity contribution in [2.45, 2.75) is 65.1 Å². The molecule has 2 heterocycles. The summed E-state index contributed by atoms with van der Waals surface area (Å²) in [6.45, 7) is 10.7. The fourth-order valence-electron chi connectivity index (χ4n) is 5.07. The molecule has 1 unspecified atom stereocenters. The lowest BCUT2D eigenvalue weighted by molar-refractivity contribution is -0.144. The number of hydrogen-bond acceptors (Lipinski definition) is 5. The third kappa shape index (κ3) is 4.66. The van der Waals surface area contributed by atoms with Gasteiger partial charge in [0.05, 0.1) is 7.11 Å². The summed E-state index contributed by atoms with van der Waals surface area (Å²) in [5.41, 5.74) is 1.36. The van der Waals surface area contributed by atoms with Crippen LogP contribution in [0.3, 0.4) is 0 Å². The first-order valence-corrected chi connectivity index (χ1v) is 11.4. The number of nitrogens with zero attached hydrogens (tertiary/aromatic N) is 2.